The molecule has 1 heterocycles. The van der Waals surface area contributed by atoms with Crippen molar-refractivity contribution in [1.82, 2.24) is 15.5 Å². The lowest BCUT2D eigenvalue weighted by molar-refractivity contribution is 0.367. The van der Waals surface area contributed by atoms with Gasteiger partial charge < -0.3 is 14.6 Å². The Bertz CT molecular complexity index is 581. The molecule has 0 atom stereocenters. The van der Waals surface area contributed by atoms with E-state index in [1.807, 2.05) is 6.07 Å². The smallest absolute Gasteiger partial charge is 0.240 e. The van der Waals surface area contributed by atoms with Crippen LogP contribution in [0.3, 0.4) is 0 Å². The van der Waals surface area contributed by atoms with E-state index in [9.17, 15) is 0 Å². The Morgan fingerprint density at radius 3 is 3.05 bits per heavy atom. The van der Waals surface area contributed by atoms with Crippen LogP contribution in [0.25, 0.3) is 11.4 Å². The van der Waals surface area contributed by atoms with Crippen LogP contribution >= 0.6 is 11.6 Å². The molecule has 1 aliphatic rings. The van der Waals surface area contributed by atoms with Gasteiger partial charge in [-0.15, -0.1) is 0 Å². The Kier molecular flexibility index (Phi) is 3.40. The fraction of sp³-hybridized carbons (Fsp3) is 0.385. The van der Waals surface area contributed by atoms with Gasteiger partial charge in [0.1, 0.15) is 5.75 Å². The molecule has 1 aromatic carbocycles. The summed E-state index contributed by atoms with van der Waals surface area (Å²) in [5.74, 6) is 1.73. The van der Waals surface area contributed by atoms with Gasteiger partial charge in [-0.2, -0.15) is 4.98 Å². The number of halogens is 1. The van der Waals surface area contributed by atoms with Gasteiger partial charge in [-0.05, 0) is 31.0 Å². The maximum atomic E-state index is 5.93. The van der Waals surface area contributed by atoms with Gasteiger partial charge in [0.15, 0.2) is 0 Å². The first-order chi connectivity index (χ1) is 9.26. The lowest BCUT2D eigenvalue weighted by Gasteiger charge is -2.04. The molecule has 0 radical (unpaired) electrons. The molecular weight excluding hydrogens is 266 g/mol. The zero-order valence-corrected chi connectivity index (χ0v) is 11.3. The van der Waals surface area contributed by atoms with Crippen LogP contribution in [0.2, 0.25) is 5.02 Å². The molecule has 5 nitrogen and oxygen atoms in total. The summed E-state index contributed by atoms with van der Waals surface area (Å²) in [6, 6.07) is 5.94. The van der Waals surface area contributed by atoms with Gasteiger partial charge in [-0.3, -0.25) is 0 Å². The molecule has 0 aliphatic heterocycles. The number of rotatable bonds is 5. The number of methoxy groups -OCH3 is 1. The highest BCUT2D eigenvalue weighted by Gasteiger charge is 2.21. The Labute approximate surface area is 115 Å². The van der Waals surface area contributed by atoms with E-state index >= 15 is 0 Å². The summed E-state index contributed by atoms with van der Waals surface area (Å²) in [6.45, 7) is 0.605. The zero-order valence-electron chi connectivity index (χ0n) is 10.5. The number of aromatic nitrogens is 2. The van der Waals surface area contributed by atoms with E-state index in [4.69, 9.17) is 20.9 Å². The van der Waals surface area contributed by atoms with Gasteiger partial charge in [0, 0.05) is 11.1 Å². The molecule has 1 fully saturated rings. The first-order valence-electron chi connectivity index (χ1n) is 6.16. The third kappa shape index (κ3) is 2.88. The van der Waals surface area contributed by atoms with Crippen LogP contribution < -0.4 is 10.1 Å². The highest BCUT2D eigenvalue weighted by Crippen LogP contribution is 2.30. The fourth-order valence-corrected chi connectivity index (χ4v) is 1.97. The van der Waals surface area contributed by atoms with Crippen LogP contribution in [-0.4, -0.2) is 23.3 Å². The van der Waals surface area contributed by atoms with Crippen molar-refractivity contribution in [2.24, 2.45) is 0 Å². The molecule has 0 unspecified atom stereocenters. The molecule has 2 aromatic rings. The molecular formula is C13H14ClN3O2. The lowest BCUT2D eigenvalue weighted by Crippen LogP contribution is -2.15. The van der Waals surface area contributed by atoms with Crippen molar-refractivity contribution in [2.45, 2.75) is 25.4 Å². The minimum absolute atomic E-state index is 0.515. The third-order valence-electron chi connectivity index (χ3n) is 2.99. The second-order valence-electron chi connectivity index (χ2n) is 4.51. The van der Waals surface area contributed by atoms with Crippen LogP contribution in [0, 0.1) is 0 Å². The van der Waals surface area contributed by atoms with Crippen molar-refractivity contribution < 1.29 is 9.26 Å². The normalized spacial score (nSPS) is 14.6. The molecule has 0 bridgehead atoms. The Morgan fingerprint density at radius 2 is 2.32 bits per heavy atom. The molecule has 1 aromatic heterocycles. The average molecular weight is 280 g/mol. The highest BCUT2D eigenvalue weighted by molar-refractivity contribution is 6.30. The quantitative estimate of drug-likeness (QED) is 0.912. The Hall–Kier alpha value is -1.59. The maximum Gasteiger partial charge on any atom is 0.240 e. The van der Waals surface area contributed by atoms with Crippen molar-refractivity contribution in [1.29, 1.82) is 0 Å². The van der Waals surface area contributed by atoms with Gasteiger partial charge >= 0.3 is 0 Å². The molecule has 1 aliphatic carbocycles. The van der Waals surface area contributed by atoms with E-state index in [2.05, 4.69) is 15.5 Å². The average Bonchev–Trinajstić information content (AvgIpc) is 3.14. The number of hydrogen-bond donors (Lipinski definition) is 1. The van der Waals surface area contributed by atoms with E-state index in [-0.39, 0.29) is 0 Å². The van der Waals surface area contributed by atoms with E-state index in [1.165, 1.54) is 12.8 Å². The number of nitrogens with zero attached hydrogens (tertiary/aromatic N) is 2. The first kappa shape index (κ1) is 12.4. The number of benzene rings is 1. The molecule has 1 saturated carbocycles. The molecule has 100 valence electrons. The lowest BCUT2D eigenvalue weighted by atomic mass is 10.2. The Balaban J connectivity index is 1.80. The molecule has 6 heteroatoms. The van der Waals surface area contributed by atoms with Gasteiger partial charge in [0.05, 0.1) is 19.2 Å². The second kappa shape index (κ2) is 5.19. The molecule has 0 saturated heterocycles. The van der Waals surface area contributed by atoms with Gasteiger partial charge in [-0.1, -0.05) is 16.8 Å². The summed E-state index contributed by atoms with van der Waals surface area (Å²) in [5.41, 5.74) is 0.772. The summed E-state index contributed by atoms with van der Waals surface area (Å²) in [4.78, 5) is 4.36. The standard InChI is InChI=1S/C13H14ClN3O2/c1-18-11-6-8(14)2-5-10(11)13-16-12(19-17-13)7-15-9-3-4-9/h2,5-6,9,15H,3-4,7H2,1H3. The van der Waals surface area contributed by atoms with Crippen molar-refractivity contribution in [3.05, 3.63) is 29.1 Å². The predicted octanol–water partition coefficient (Wildman–Crippen LogP) is 2.65. The third-order valence-corrected chi connectivity index (χ3v) is 3.23. The van der Waals surface area contributed by atoms with Gasteiger partial charge in [-0.25, -0.2) is 0 Å². The minimum atomic E-state index is 0.515. The van der Waals surface area contributed by atoms with E-state index in [0.717, 1.165) is 5.56 Å². The number of nitrogens with one attached hydrogen (secondary N) is 1. The topological polar surface area (TPSA) is 60.2 Å². The summed E-state index contributed by atoms with van der Waals surface area (Å²) in [5, 5.41) is 7.91. The van der Waals surface area contributed by atoms with E-state index in [1.54, 1.807) is 19.2 Å². The second-order valence-corrected chi connectivity index (χ2v) is 4.95. The maximum absolute atomic E-state index is 5.93. The summed E-state index contributed by atoms with van der Waals surface area (Å²) in [6.07, 6.45) is 2.46. The van der Waals surface area contributed by atoms with Crippen molar-refractivity contribution in [2.75, 3.05) is 7.11 Å². The monoisotopic (exact) mass is 279 g/mol. The number of ether oxygens (including phenoxy) is 1. The van der Waals surface area contributed by atoms with Crippen molar-refractivity contribution >= 4 is 11.6 Å². The predicted molar refractivity (Wildman–Crippen MR) is 71.2 cm³/mol. The van der Waals surface area contributed by atoms with Crippen molar-refractivity contribution in [3.63, 3.8) is 0 Å². The van der Waals surface area contributed by atoms with Crippen LogP contribution in [0.4, 0.5) is 0 Å². The minimum Gasteiger partial charge on any atom is -0.496 e. The van der Waals surface area contributed by atoms with E-state index in [0.29, 0.717) is 35.1 Å². The van der Waals surface area contributed by atoms with Crippen LogP contribution in [-0.2, 0) is 6.54 Å². The molecule has 3 rings (SSSR count). The fourth-order valence-electron chi connectivity index (χ4n) is 1.80. The van der Waals surface area contributed by atoms with Crippen LogP contribution in [0.15, 0.2) is 22.7 Å². The molecule has 1 N–H and O–H groups in total. The first-order valence-corrected chi connectivity index (χ1v) is 6.54. The summed E-state index contributed by atoms with van der Waals surface area (Å²) >= 11 is 5.93. The van der Waals surface area contributed by atoms with Gasteiger partial charge in [0.2, 0.25) is 11.7 Å². The largest absolute Gasteiger partial charge is 0.496 e. The SMILES string of the molecule is COc1cc(Cl)ccc1-c1noc(CNC2CC2)n1. The van der Waals surface area contributed by atoms with E-state index < -0.39 is 0 Å². The van der Waals surface area contributed by atoms with Crippen molar-refractivity contribution in [3.8, 4) is 17.1 Å². The summed E-state index contributed by atoms with van der Waals surface area (Å²) < 4.78 is 10.5. The van der Waals surface area contributed by atoms with Gasteiger partial charge in [0.25, 0.3) is 0 Å². The molecule has 0 amide bonds. The van der Waals surface area contributed by atoms with Crippen LogP contribution in [0.1, 0.15) is 18.7 Å². The highest BCUT2D eigenvalue weighted by atomic mass is 35.5. The Morgan fingerprint density at radius 1 is 1.47 bits per heavy atom. The number of hydrogen-bond acceptors (Lipinski definition) is 5. The summed E-state index contributed by atoms with van der Waals surface area (Å²) in [7, 11) is 1.59. The van der Waals surface area contributed by atoms with Crippen LogP contribution in [0.5, 0.6) is 5.75 Å². The molecule has 19 heavy (non-hydrogen) atoms. The molecule has 0 spiro atoms. The zero-order chi connectivity index (χ0) is 13.2.